The number of hydrogen-bond donors (Lipinski definition) is 3. The lowest BCUT2D eigenvalue weighted by molar-refractivity contribution is -0.117. The van der Waals surface area contributed by atoms with Crippen molar-refractivity contribution in [2.75, 3.05) is 12.4 Å². The van der Waals surface area contributed by atoms with E-state index < -0.39 is 0 Å². The van der Waals surface area contributed by atoms with Crippen LogP contribution in [-0.2, 0) is 4.79 Å². The van der Waals surface area contributed by atoms with Crippen LogP contribution in [0.4, 0.5) is 5.69 Å². The van der Waals surface area contributed by atoms with E-state index in [0.717, 1.165) is 12.8 Å². The van der Waals surface area contributed by atoms with Crippen molar-refractivity contribution in [1.82, 2.24) is 10.6 Å². The summed E-state index contributed by atoms with van der Waals surface area (Å²) < 4.78 is 0. The molecule has 0 saturated heterocycles. The highest BCUT2D eigenvalue weighted by molar-refractivity contribution is 5.98. The fourth-order valence-corrected chi connectivity index (χ4v) is 1.62. The maximum atomic E-state index is 11.9. The number of amides is 2. The molecule has 1 aliphatic rings. The first-order valence-corrected chi connectivity index (χ1v) is 6.49. The topological polar surface area (TPSA) is 70.2 Å². The van der Waals surface area contributed by atoms with E-state index in [1.165, 1.54) is 0 Å². The summed E-state index contributed by atoms with van der Waals surface area (Å²) in [5.41, 5.74) is 1.21. The van der Waals surface area contributed by atoms with Gasteiger partial charge in [0, 0.05) is 17.3 Å². The molecule has 0 heterocycles. The Balaban J connectivity index is 2.01. The van der Waals surface area contributed by atoms with E-state index >= 15 is 0 Å². The molecule has 19 heavy (non-hydrogen) atoms. The monoisotopic (exact) mass is 261 g/mol. The second kappa shape index (κ2) is 5.84. The van der Waals surface area contributed by atoms with Crippen LogP contribution in [0, 0.1) is 0 Å². The molecule has 1 aromatic carbocycles. The quantitative estimate of drug-likeness (QED) is 0.744. The predicted molar refractivity (Wildman–Crippen MR) is 74.1 cm³/mol. The maximum Gasteiger partial charge on any atom is 0.251 e. The Morgan fingerprint density at radius 3 is 2.68 bits per heavy atom. The van der Waals surface area contributed by atoms with Crippen LogP contribution in [0.3, 0.4) is 0 Å². The molecule has 5 nitrogen and oxygen atoms in total. The number of rotatable bonds is 5. The normalized spacial score (nSPS) is 15.7. The SMILES string of the molecule is CNC(C)C(=O)Nc1cccc(C(=O)NC2CC2)c1. The third kappa shape index (κ3) is 3.79. The number of nitrogens with one attached hydrogen (secondary N) is 3. The Labute approximate surface area is 112 Å². The Morgan fingerprint density at radius 2 is 2.05 bits per heavy atom. The molecule has 102 valence electrons. The van der Waals surface area contributed by atoms with Gasteiger partial charge in [-0.3, -0.25) is 9.59 Å². The van der Waals surface area contributed by atoms with Crippen LogP contribution in [0.5, 0.6) is 0 Å². The van der Waals surface area contributed by atoms with Crippen LogP contribution in [0.1, 0.15) is 30.1 Å². The van der Waals surface area contributed by atoms with Crippen molar-refractivity contribution in [3.63, 3.8) is 0 Å². The van der Waals surface area contributed by atoms with Gasteiger partial charge in [-0.05, 0) is 45.0 Å². The largest absolute Gasteiger partial charge is 0.349 e. The minimum Gasteiger partial charge on any atom is -0.349 e. The Kier molecular flexibility index (Phi) is 4.16. The molecule has 1 unspecified atom stereocenters. The summed E-state index contributed by atoms with van der Waals surface area (Å²) in [6.07, 6.45) is 2.11. The van der Waals surface area contributed by atoms with Gasteiger partial charge in [0.2, 0.25) is 5.91 Å². The standard InChI is InChI=1S/C14H19N3O2/c1-9(15-2)13(18)17-12-5-3-4-10(8-12)14(19)16-11-6-7-11/h3-5,8-9,11,15H,6-7H2,1-2H3,(H,16,19)(H,17,18). The van der Waals surface area contributed by atoms with Crippen molar-refractivity contribution in [2.24, 2.45) is 0 Å². The summed E-state index contributed by atoms with van der Waals surface area (Å²) in [4.78, 5) is 23.6. The number of hydrogen-bond acceptors (Lipinski definition) is 3. The van der Waals surface area contributed by atoms with Crippen molar-refractivity contribution >= 4 is 17.5 Å². The number of carbonyl (C=O) groups is 2. The molecule has 0 bridgehead atoms. The molecule has 1 saturated carbocycles. The predicted octanol–water partition coefficient (Wildman–Crippen LogP) is 1.13. The molecule has 1 aliphatic carbocycles. The number of anilines is 1. The number of carbonyl (C=O) groups excluding carboxylic acids is 2. The number of benzene rings is 1. The Morgan fingerprint density at radius 1 is 1.32 bits per heavy atom. The average Bonchev–Trinajstić information content (AvgIpc) is 3.22. The summed E-state index contributed by atoms with van der Waals surface area (Å²) in [6, 6.07) is 7.03. The molecule has 0 spiro atoms. The third-order valence-corrected chi connectivity index (χ3v) is 3.13. The molecular weight excluding hydrogens is 242 g/mol. The molecule has 3 N–H and O–H groups in total. The zero-order valence-corrected chi connectivity index (χ0v) is 11.2. The van der Waals surface area contributed by atoms with Crippen molar-refractivity contribution in [1.29, 1.82) is 0 Å². The molecule has 5 heteroatoms. The van der Waals surface area contributed by atoms with Gasteiger partial charge >= 0.3 is 0 Å². The van der Waals surface area contributed by atoms with Gasteiger partial charge in [-0.2, -0.15) is 0 Å². The summed E-state index contributed by atoms with van der Waals surface area (Å²) in [5, 5.41) is 8.56. The molecule has 2 amide bonds. The molecular formula is C14H19N3O2. The first-order chi connectivity index (χ1) is 9.10. The van der Waals surface area contributed by atoms with Crippen LogP contribution in [-0.4, -0.2) is 30.9 Å². The van der Waals surface area contributed by atoms with Gasteiger partial charge in [-0.1, -0.05) is 6.07 Å². The van der Waals surface area contributed by atoms with Crippen molar-refractivity contribution < 1.29 is 9.59 Å². The molecule has 0 aliphatic heterocycles. The average molecular weight is 261 g/mol. The summed E-state index contributed by atoms with van der Waals surface area (Å²) in [7, 11) is 1.73. The van der Waals surface area contributed by atoms with Crippen LogP contribution in [0.15, 0.2) is 24.3 Å². The molecule has 0 radical (unpaired) electrons. The summed E-state index contributed by atoms with van der Waals surface area (Å²) in [5.74, 6) is -0.206. The van der Waals surface area contributed by atoms with Gasteiger partial charge in [-0.25, -0.2) is 0 Å². The fraction of sp³-hybridized carbons (Fsp3) is 0.429. The van der Waals surface area contributed by atoms with E-state index in [9.17, 15) is 9.59 Å². The zero-order valence-electron chi connectivity index (χ0n) is 11.2. The van der Waals surface area contributed by atoms with Gasteiger partial charge in [-0.15, -0.1) is 0 Å². The molecule has 2 rings (SSSR count). The summed E-state index contributed by atoms with van der Waals surface area (Å²) >= 11 is 0. The van der Waals surface area contributed by atoms with E-state index in [-0.39, 0.29) is 17.9 Å². The van der Waals surface area contributed by atoms with Crippen LogP contribution in [0.25, 0.3) is 0 Å². The first-order valence-electron chi connectivity index (χ1n) is 6.49. The van der Waals surface area contributed by atoms with E-state index in [1.807, 2.05) is 0 Å². The highest BCUT2D eigenvalue weighted by atomic mass is 16.2. The zero-order chi connectivity index (χ0) is 13.8. The van der Waals surface area contributed by atoms with E-state index in [2.05, 4.69) is 16.0 Å². The lowest BCUT2D eigenvalue weighted by Gasteiger charge is -2.12. The smallest absolute Gasteiger partial charge is 0.251 e. The van der Waals surface area contributed by atoms with Gasteiger partial charge in [0.05, 0.1) is 6.04 Å². The number of likely N-dealkylation sites (N-methyl/N-ethyl adjacent to an activating group) is 1. The highest BCUT2D eigenvalue weighted by Crippen LogP contribution is 2.20. The minimum atomic E-state index is -0.274. The van der Waals surface area contributed by atoms with Crippen LogP contribution < -0.4 is 16.0 Å². The van der Waals surface area contributed by atoms with Gasteiger partial charge in [0.1, 0.15) is 0 Å². The van der Waals surface area contributed by atoms with E-state index in [1.54, 1.807) is 38.2 Å². The Bertz CT molecular complexity index is 483. The van der Waals surface area contributed by atoms with Crippen molar-refractivity contribution in [2.45, 2.75) is 31.8 Å². The van der Waals surface area contributed by atoms with Crippen LogP contribution in [0.2, 0.25) is 0 Å². The van der Waals surface area contributed by atoms with Gasteiger partial charge < -0.3 is 16.0 Å². The van der Waals surface area contributed by atoms with Crippen molar-refractivity contribution in [3.05, 3.63) is 29.8 Å². The second-order valence-electron chi connectivity index (χ2n) is 4.83. The fourth-order valence-electron chi connectivity index (χ4n) is 1.62. The highest BCUT2D eigenvalue weighted by Gasteiger charge is 2.23. The summed E-state index contributed by atoms with van der Waals surface area (Å²) in [6.45, 7) is 1.78. The lowest BCUT2D eigenvalue weighted by Crippen LogP contribution is -2.35. The van der Waals surface area contributed by atoms with Gasteiger partial charge in [0.15, 0.2) is 0 Å². The molecule has 1 fully saturated rings. The van der Waals surface area contributed by atoms with Crippen molar-refractivity contribution in [3.8, 4) is 0 Å². The maximum absolute atomic E-state index is 11.9. The minimum absolute atomic E-state index is 0.0831. The second-order valence-corrected chi connectivity index (χ2v) is 4.83. The lowest BCUT2D eigenvalue weighted by atomic mass is 10.2. The molecule has 0 aromatic heterocycles. The van der Waals surface area contributed by atoms with E-state index in [0.29, 0.717) is 17.3 Å². The Hall–Kier alpha value is -1.88. The van der Waals surface area contributed by atoms with Crippen LogP contribution >= 0.6 is 0 Å². The molecule has 1 atom stereocenters. The third-order valence-electron chi connectivity index (χ3n) is 3.13. The first kappa shape index (κ1) is 13.5. The molecule has 1 aromatic rings. The van der Waals surface area contributed by atoms with E-state index in [4.69, 9.17) is 0 Å². The van der Waals surface area contributed by atoms with Gasteiger partial charge in [0.25, 0.3) is 5.91 Å².